The molecule has 0 spiro atoms. The van der Waals surface area contributed by atoms with E-state index in [1.54, 1.807) is 35.2 Å². The molecule has 220 valence electrons. The van der Waals surface area contributed by atoms with Gasteiger partial charge in [-0.1, -0.05) is 50.2 Å². The molecular weight excluding hydrogens is 536 g/mol. The number of carboxylic acid groups (broad SMARTS) is 2. The molecule has 11 nitrogen and oxygen atoms in total. The summed E-state index contributed by atoms with van der Waals surface area (Å²) in [7, 11) is -1.47. The lowest BCUT2D eigenvalue weighted by Crippen LogP contribution is -2.47. The summed E-state index contributed by atoms with van der Waals surface area (Å²) in [6, 6.07) is 18.1. The number of aliphatic carboxylic acids is 2. The number of carbonyl (C=O) groups is 3. The molecular formula is C28H40N4O7S. The van der Waals surface area contributed by atoms with Crippen LogP contribution in [-0.4, -0.2) is 105 Å². The number of hydrogen-bond donors (Lipinski definition) is 3. The first-order valence-electron chi connectivity index (χ1n) is 12.9. The molecule has 2 amide bonds. The molecule has 0 unspecified atom stereocenters. The van der Waals surface area contributed by atoms with Gasteiger partial charge in [-0.05, 0) is 37.4 Å². The van der Waals surface area contributed by atoms with Gasteiger partial charge in [-0.25, -0.2) is 22.8 Å². The first-order chi connectivity index (χ1) is 19.0. The minimum atomic E-state index is -3.45. The lowest BCUT2D eigenvalue weighted by atomic mass is 10.3. The van der Waals surface area contributed by atoms with Gasteiger partial charge in [0.15, 0.2) is 9.84 Å². The van der Waals surface area contributed by atoms with E-state index in [1.165, 1.54) is 0 Å². The predicted molar refractivity (Wildman–Crippen MR) is 155 cm³/mol. The van der Waals surface area contributed by atoms with E-state index in [4.69, 9.17) is 10.2 Å². The number of rotatable bonds is 15. The Morgan fingerprint density at radius 2 is 1.32 bits per heavy atom. The van der Waals surface area contributed by atoms with Crippen LogP contribution in [0.25, 0.3) is 0 Å². The maximum Gasteiger partial charge on any atom is 0.328 e. The van der Waals surface area contributed by atoms with Crippen LogP contribution >= 0.6 is 0 Å². The second-order valence-corrected chi connectivity index (χ2v) is 10.8. The van der Waals surface area contributed by atoms with E-state index in [9.17, 15) is 22.8 Å². The van der Waals surface area contributed by atoms with E-state index in [1.807, 2.05) is 37.4 Å². The van der Waals surface area contributed by atoms with Crippen molar-refractivity contribution in [2.24, 2.45) is 0 Å². The van der Waals surface area contributed by atoms with Gasteiger partial charge in [0.05, 0.1) is 10.6 Å². The maximum absolute atomic E-state index is 12.9. The van der Waals surface area contributed by atoms with Crippen LogP contribution in [0, 0.1) is 0 Å². The number of carbonyl (C=O) groups excluding carboxylic acids is 1. The van der Waals surface area contributed by atoms with Crippen LogP contribution in [0.15, 0.2) is 77.7 Å². The first-order valence-corrected chi connectivity index (χ1v) is 14.6. The van der Waals surface area contributed by atoms with Crippen molar-refractivity contribution in [3.05, 3.63) is 72.8 Å². The quantitative estimate of drug-likeness (QED) is 0.272. The van der Waals surface area contributed by atoms with Crippen LogP contribution in [0.1, 0.15) is 13.8 Å². The summed E-state index contributed by atoms with van der Waals surface area (Å²) in [5, 5.41) is 18.6. The molecule has 3 N–H and O–H groups in total. The molecule has 12 heteroatoms. The molecule has 2 rings (SSSR count). The monoisotopic (exact) mass is 576 g/mol. The number of benzene rings is 2. The van der Waals surface area contributed by atoms with Crippen LogP contribution in [0.2, 0.25) is 0 Å². The number of likely N-dealkylation sites (N-methyl/N-ethyl adjacent to an activating group) is 2. The number of hydrogen-bond acceptors (Lipinski definition) is 7. The lowest BCUT2D eigenvalue weighted by molar-refractivity contribution is -0.134. The Labute approximate surface area is 236 Å². The Morgan fingerprint density at radius 1 is 0.800 bits per heavy atom. The molecule has 0 fully saturated rings. The van der Waals surface area contributed by atoms with E-state index < -0.39 is 21.8 Å². The number of para-hydroxylation sites is 1. The molecule has 0 heterocycles. The summed E-state index contributed by atoms with van der Waals surface area (Å²) >= 11 is 0. The van der Waals surface area contributed by atoms with Crippen LogP contribution in [0.4, 0.5) is 10.5 Å². The van der Waals surface area contributed by atoms with Crippen molar-refractivity contribution in [1.82, 2.24) is 15.1 Å². The van der Waals surface area contributed by atoms with Gasteiger partial charge in [0.1, 0.15) is 0 Å². The molecule has 0 saturated carbocycles. The average Bonchev–Trinajstić information content (AvgIpc) is 2.95. The number of urea groups is 1. The van der Waals surface area contributed by atoms with E-state index in [0.717, 1.165) is 18.8 Å². The van der Waals surface area contributed by atoms with Crippen LogP contribution < -0.4 is 10.2 Å². The molecule has 0 saturated heterocycles. The molecule has 0 aliphatic carbocycles. The van der Waals surface area contributed by atoms with Gasteiger partial charge >= 0.3 is 18.0 Å². The summed E-state index contributed by atoms with van der Waals surface area (Å²) in [6.07, 6.45) is 1.12. The SMILES string of the molecule is CCN(CC)CCN(CCS(=O)(=O)c1ccccc1)C(=O)NCCN(C)c1ccccc1.O=C(O)/C=C/C(=O)O. The molecule has 0 aromatic heterocycles. The molecule has 2 aromatic rings. The molecule has 0 atom stereocenters. The fourth-order valence-electron chi connectivity index (χ4n) is 3.49. The summed E-state index contributed by atoms with van der Waals surface area (Å²) in [4.78, 5) is 38.2. The summed E-state index contributed by atoms with van der Waals surface area (Å²) in [6.45, 7) is 8.38. The van der Waals surface area contributed by atoms with Crippen LogP contribution in [-0.2, 0) is 19.4 Å². The van der Waals surface area contributed by atoms with Gasteiger partial charge in [0, 0.05) is 57.6 Å². The van der Waals surface area contributed by atoms with Gasteiger partial charge in [-0.3, -0.25) is 0 Å². The third-order valence-electron chi connectivity index (χ3n) is 5.89. The zero-order valence-electron chi connectivity index (χ0n) is 23.3. The summed E-state index contributed by atoms with van der Waals surface area (Å²) in [5.74, 6) is -2.62. The highest BCUT2D eigenvalue weighted by atomic mass is 32.2. The summed E-state index contributed by atoms with van der Waals surface area (Å²) in [5.41, 5.74) is 1.08. The molecule has 0 bridgehead atoms. The van der Waals surface area contributed by atoms with Crippen molar-refractivity contribution in [1.29, 1.82) is 0 Å². The normalized spacial score (nSPS) is 11.0. The van der Waals surface area contributed by atoms with Crippen molar-refractivity contribution in [2.75, 3.05) is 63.5 Å². The van der Waals surface area contributed by atoms with Crippen molar-refractivity contribution in [2.45, 2.75) is 18.7 Å². The molecule has 0 aliphatic rings. The third-order valence-corrected chi connectivity index (χ3v) is 7.60. The Kier molecular flexibility index (Phi) is 15.7. The van der Waals surface area contributed by atoms with E-state index in [2.05, 4.69) is 29.0 Å². The van der Waals surface area contributed by atoms with Crippen molar-refractivity contribution < 1.29 is 33.0 Å². The number of nitrogens with one attached hydrogen (secondary N) is 1. The highest BCUT2D eigenvalue weighted by Gasteiger charge is 2.20. The topological polar surface area (TPSA) is 148 Å². The predicted octanol–water partition coefficient (Wildman–Crippen LogP) is 2.66. The highest BCUT2D eigenvalue weighted by Crippen LogP contribution is 2.11. The van der Waals surface area contributed by atoms with E-state index in [-0.39, 0.29) is 23.2 Å². The van der Waals surface area contributed by atoms with Gasteiger partial charge in [0.25, 0.3) is 0 Å². The zero-order chi connectivity index (χ0) is 30.0. The fourth-order valence-corrected chi connectivity index (χ4v) is 4.76. The minimum absolute atomic E-state index is 0.105. The minimum Gasteiger partial charge on any atom is -0.478 e. The van der Waals surface area contributed by atoms with Crippen molar-refractivity contribution in [3.8, 4) is 0 Å². The van der Waals surface area contributed by atoms with Crippen molar-refractivity contribution in [3.63, 3.8) is 0 Å². The number of anilines is 1. The largest absolute Gasteiger partial charge is 0.478 e. The Balaban J connectivity index is 0.000000869. The second-order valence-electron chi connectivity index (χ2n) is 8.64. The van der Waals surface area contributed by atoms with E-state index in [0.29, 0.717) is 38.3 Å². The van der Waals surface area contributed by atoms with Crippen molar-refractivity contribution >= 4 is 33.5 Å². The zero-order valence-corrected chi connectivity index (χ0v) is 24.1. The Morgan fingerprint density at radius 3 is 1.82 bits per heavy atom. The molecule has 0 radical (unpaired) electrons. The second kappa shape index (κ2) is 18.4. The Bertz CT molecular complexity index is 1160. The number of sulfone groups is 1. The van der Waals surface area contributed by atoms with E-state index >= 15 is 0 Å². The van der Waals surface area contributed by atoms with Gasteiger partial charge in [-0.15, -0.1) is 0 Å². The molecule has 0 aliphatic heterocycles. The number of carboxylic acids is 2. The third kappa shape index (κ3) is 13.8. The van der Waals surface area contributed by atoms with Crippen LogP contribution in [0.5, 0.6) is 0 Å². The van der Waals surface area contributed by atoms with Gasteiger partial charge < -0.3 is 30.2 Å². The molecule has 40 heavy (non-hydrogen) atoms. The number of nitrogens with zero attached hydrogens (tertiary/aromatic N) is 3. The molecule has 2 aromatic carbocycles. The first kappa shape index (κ1) is 34.1. The Hall–Kier alpha value is -3.90. The van der Waals surface area contributed by atoms with Crippen LogP contribution in [0.3, 0.4) is 0 Å². The number of amides is 2. The summed E-state index contributed by atoms with van der Waals surface area (Å²) < 4.78 is 25.4. The standard InChI is InChI=1S/C24H36N4O3S.C4H4O4/c1-4-27(5-2)18-19-28(20-21-32(30,31)23-14-10-7-11-15-23)24(29)25-16-17-26(3)22-12-8-6-9-13-22;5-3(6)1-2-4(7)8/h6-15H,4-5,16-21H2,1-3H3,(H,25,29);1-2H,(H,5,6)(H,7,8)/b;2-1+. The maximum atomic E-state index is 12.9. The van der Waals surface area contributed by atoms with Gasteiger partial charge in [-0.2, -0.15) is 0 Å². The van der Waals surface area contributed by atoms with Gasteiger partial charge in [0.2, 0.25) is 0 Å². The lowest BCUT2D eigenvalue weighted by Gasteiger charge is -2.27. The smallest absolute Gasteiger partial charge is 0.328 e. The average molecular weight is 577 g/mol. The fraction of sp³-hybridized carbons (Fsp3) is 0.393. The highest BCUT2D eigenvalue weighted by molar-refractivity contribution is 7.91.